The fourth-order valence-corrected chi connectivity index (χ4v) is 4.31. The van der Waals surface area contributed by atoms with Gasteiger partial charge in [0.15, 0.2) is 0 Å². The Bertz CT molecular complexity index is 740. The average Bonchev–Trinajstić information content (AvgIpc) is 3.43. The molecule has 3 saturated carbocycles. The zero-order chi connectivity index (χ0) is 15.6. The third-order valence-corrected chi connectivity index (χ3v) is 6.26. The summed E-state index contributed by atoms with van der Waals surface area (Å²) in [5.74, 6) is 2.78. The second-order valence-corrected chi connectivity index (χ2v) is 8.60. The lowest BCUT2D eigenvalue weighted by Gasteiger charge is -2.44. The van der Waals surface area contributed by atoms with Crippen LogP contribution in [0.15, 0.2) is 24.3 Å². The van der Waals surface area contributed by atoms with Crippen molar-refractivity contribution in [2.75, 3.05) is 0 Å². The smallest absolute Gasteiger partial charge is 0.144 e. The molecule has 1 heterocycles. The van der Waals surface area contributed by atoms with Crippen molar-refractivity contribution in [3.63, 3.8) is 0 Å². The molecule has 3 fully saturated rings. The van der Waals surface area contributed by atoms with Crippen molar-refractivity contribution in [1.82, 2.24) is 14.8 Å². The molecule has 3 aliphatic rings. The molecule has 1 aromatic heterocycles. The zero-order valence-electron chi connectivity index (χ0n) is 12.9. The standard InChI is InChI=1S/C18H19FIN3/c19-13-9-18(10-13,12-3-5-14(20)6-4-12)17-22-21-16(11-1-2-11)23(17)15-7-8-15/h3-6,11,13,15H,1-2,7-10H2. The average molecular weight is 423 g/mol. The molecule has 120 valence electrons. The number of benzene rings is 1. The topological polar surface area (TPSA) is 30.7 Å². The largest absolute Gasteiger partial charge is 0.311 e. The maximum atomic E-state index is 13.9. The first kappa shape index (κ1) is 14.4. The lowest BCUT2D eigenvalue weighted by atomic mass is 9.62. The van der Waals surface area contributed by atoms with Crippen molar-refractivity contribution in [2.45, 2.75) is 62.1 Å². The van der Waals surface area contributed by atoms with Gasteiger partial charge < -0.3 is 4.57 Å². The molecule has 0 spiro atoms. The molecule has 0 radical (unpaired) electrons. The van der Waals surface area contributed by atoms with Crippen LogP contribution in [0.5, 0.6) is 0 Å². The van der Waals surface area contributed by atoms with Crippen LogP contribution in [0, 0.1) is 3.57 Å². The van der Waals surface area contributed by atoms with E-state index < -0.39 is 6.17 Å². The molecule has 0 atom stereocenters. The third kappa shape index (κ3) is 2.26. The van der Waals surface area contributed by atoms with Gasteiger partial charge in [-0.25, -0.2) is 4.39 Å². The summed E-state index contributed by atoms with van der Waals surface area (Å²) in [5.41, 5.74) is 0.926. The lowest BCUT2D eigenvalue weighted by molar-refractivity contribution is 0.113. The highest BCUT2D eigenvalue weighted by atomic mass is 127. The van der Waals surface area contributed by atoms with Crippen LogP contribution in [0.2, 0.25) is 0 Å². The van der Waals surface area contributed by atoms with Gasteiger partial charge in [-0.15, -0.1) is 10.2 Å². The Morgan fingerprint density at radius 3 is 2.30 bits per heavy atom. The van der Waals surface area contributed by atoms with Crippen LogP contribution >= 0.6 is 22.6 Å². The fraction of sp³-hybridized carbons (Fsp3) is 0.556. The minimum Gasteiger partial charge on any atom is -0.311 e. The van der Waals surface area contributed by atoms with Gasteiger partial charge in [-0.2, -0.15) is 0 Å². The Labute approximate surface area is 148 Å². The minimum atomic E-state index is -0.719. The predicted octanol–water partition coefficient (Wildman–Crippen LogP) is 4.51. The zero-order valence-corrected chi connectivity index (χ0v) is 15.0. The summed E-state index contributed by atoms with van der Waals surface area (Å²) in [6, 6.07) is 9.08. The Balaban J connectivity index is 1.64. The quantitative estimate of drug-likeness (QED) is 0.678. The number of nitrogens with zero attached hydrogens (tertiary/aromatic N) is 3. The molecule has 5 heteroatoms. The normalized spacial score (nSPS) is 30.3. The molecular weight excluding hydrogens is 404 g/mol. The van der Waals surface area contributed by atoms with E-state index in [2.05, 4.69) is 61.6 Å². The van der Waals surface area contributed by atoms with Crippen LogP contribution in [0.1, 0.15) is 67.7 Å². The van der Waals surface area contributed by atoms with E-state index in [9.17, 15) is 4.39 Å². The van der Waals surface area contributed by atoms with Gasteiger partial charge in [-0.05, 0) is 78.8 Å². The van der Waals surface area contributed by atoms with Crippen LogP contribution in [-0.4, -0.2) is 20.9 Å². The van der Waals surface area contributed by atoms with E-state index in [1.807, 2.05) is 0 Å². The van der Waals surface area contributed by atoms with Crippen molar-refractivity contribution in [3.05, 3.63) is 45.0 Å². The number of alkyl halides is 1. The predicted molar refractivity (Wildman–Crippen MR) is 94.3 cm³/mol. The number of aromatic nitrogens is 3. The Kier molecular flexibility index (Phi) is 3.13. The fourth-order valence-electron chi connectivity index (χ4n) is 3.96. The SMILES string of the molecule is FC1CC(c2ccc(I)cc2)(c2nnc(C3CC3)n2C2CC2)C1. The van der Waals surface area contributed by atoms with E-state index in [0.29, 0.717) is 24.8 Å². The molecule has 0 N–H and O–H groups in total. The summed E-state index contributed by atoms with van der Waals surface area (Å²) in [5, 5.41) is 9.15. The highest BCUT2D eigenvalue weighted by Gasteiger charge is 2.52. The van der Waals surface area contributed by atoms with E-state index in [0.717, 1.165) is 11.6 Å². The first-order chi connectivity index (χ1) is 11.2. The molecule has 3 nitrogen and oxygen atoms in total. The molecule has 0 bridgehead atoms. The Morgan fingerprint density at radius 1 is 1.04 bits per heavy atom. The van der Waals surface area contributed by atoms with Gasteiger partial charge in [-0.1, -0.05) is 12.1 Å². The molecule has 3 aliphatic carbocycles. The van der Waals surface area contributed by atoms with E-state index in [-0.39, 0.29) is 5.41 Å². The summed E-state index contributed by atoms with van der Waals surface area (Å²) >= 11 is 2.31. The van der Waals surface area contributed by atoms with Crippen LogP contribution in [-0.2, 0) is 5.41 Å². The maximum absolute atomic E-state index is 13.9. The number of rotatable bonds is 4. The van der Waals surface area contributed by atoms with Crippen molar-refractivity contribution < 1.29 is 4.39 Å². The second-order valence-electron chi connectivity index (χ2n) is 7.35. The van der Waals surface area contributed by atoms with Gasteiger partial charge in [0.1, 0.15) is 17.8 Å². The van der Waals surface area contributed by atoms with Crippen LogP contribution < -0.4 is 0 Å². The molecule has 0 unspecified atom stereocenters. The minimum absolute atomic E-state index is 0.271. The molecule has 23 heavy (non-hydrogen) atoms. The van der Waals surface area contributed by atoms with Crippen molar-refractivity contribution in [2.24, 2.45) is 0 Å². The van der Waals surface area contributed by atoms with Gasteiger partial charge in [0.2, 0.25) is 0 Å². The van der Waals surface area contributed by atoms with Crippen molar-refractivity contribution in [3.8, 4) is 0 Å². The van der Waals surface area contributed by atoms with E-state index >= 15 is 0 Å². The van der Waals surface area contributed by atoms with Gasteiger partial charge >= 0.3 is 0 Å². The van der Waals surface area contributed by atoms with Gasteiger partial charge in [0.25, 0.3) is 0 Å². The lowest BCUT2D eigenvalue weighted by Crippen LogP contribution is -2.45. The molecule has 0 amide bonds. The molecule has 0 aliphatic heterocycles. The number of hydrogen-bond acceptors (Lipinski definition) is 2. The molecule has 0 saturated heterocycles. The summed E-state index contributed by atoms with van der Waals surface area (Å²) in [4.78, 5) is 0. The summed E-state index contributed by atoms with van der Waals surface area (Å²) < 4.78 is 17.5. The van der Waals surface area contributed by atoms with Gasteiger partial charge in [0, 0.05) is 15.5 Å². The monoisotopic (exact) mass is 423 g/mol. The molecule has 5 rings (SSSR count). The highest BCUT2D eigenvalue weighted by molar-refractivity contribution is 14.1. The van der Waals surface area contributed by atoms with Crippen molar-refractivity contribution in [1.29, 1.82) is 0 Å². The molecular formula is C18H19FIN3. The number of halogens is 2. The third-order valence-electron chi connectivity index (χ3n) is 5.54. The Hall–Kier alpha value is -0.980. The molecule has 1 aromatic carbocycles. The number of hydrogen-bond donors (Lipinski definition) is 0. The van der Waals surface area contributed by atoms with E-state index in [4.69, 9.17) is 0 Å². The van der Waals surface area contributed by atoms with E-state index in [1.54, 1.807) is 0 Å². The highest BCUT2D eigenvalue weighted by Crippen LogP contribution is 2.53. The summed E-state index contributed by atoms with van der Waals surface area (Å²) in [6.45, 7) is 0. The first-order valence-corrected chi connectivity index (χ1v) is 9.61. The summed E-state index contributed by atoms with van der Waals surface area (Å²) in [6.07, 6.45) is 5.26. The molecule has 2 aromatic rings. The van der Waals surface area contributed by atoms with Crippen LogP contribution in [0.4, 0.5) is 4.39 Å². The maximum Gasteiger partial charge on any atom is 0.144 e. The van der Waals surface area contributed by atoms with E-state index in [1.165, 1.54) is 34.8 Å². The Morgan fingerprint density at radius 2 is 1.74 bits per heavy atom. The van der Waals surface area contributed by atoms with Crippen LogP contribution in [0.25, 0.3) is 0 Å². The first-order valence-electron chi connectivity index (χ1n) is 8.53. The van der Waals surface area contributed by atoms with Gasteiger partial charge in [0.05, 0.1) is 5.41 Å². The van der Waals surface area contributed by atoms with Crippen LogP contribution in [0.3, 0.4) is 0 Å². The second kappa shape index (κ2) is 5.01. The van der Waals surface area contributed by atoms with Gasteiger partial charge in [-0.3, -0.25) is 0 Å². The van der Waals surface area contributed by atoms with Crippen molar-refractivity contribution >= 4 is 22.6 Å². The summed E-state index contributed by atoms with van der Waals surface area (Å²) in [7, 11) is 0.